The molecule has 0 radical (unpaired) electrons. The Morgan fingerprint density at radius 3 is 2.37 bits per heavy atom. The van der Waals surface area contributed by atoms with E-state index in [9.17, 15) is 30.4 Å². The lowest BCUT2D eigenvalue weighted by Gasteiger charge is -2.17. The van der Waals surface area contributed by atoms with Gasteiger partial charge in [0, 0.05) is 12.5 Å². The van der Waals surface area contributed by atoms with Crippen molar-refractivity contribution in [2.24, 2.45) is 0 Å². The fraction of sp³-hybridized carbons (Fsp3) is 0.188. The summed E-state index contributed by atoms with van der Waals surface area (Å²) in [4.78, 5) is 11.6. The summed E-state index contributed by atoms with van der Waals surface area (Å²) in [6.45, 7) is 1.41. The maximum atomic E-state index is 13.7. The first-order chi connectivity index (χ1) is 12.5. The number of halogens is 2. The summed E-state index contributed by atoms with van der Waals surface area (Å²) in [5, 5.41) is 0. The zero-order valence-electron chi connectivity index (χ0n) is 13.9. The number of amides is 1. The molecule has 2 aromatic carbocycles. The van der Waals surface area contributed by atoms with E-state index in [1.165, 1.54) is 19.1 Å². The Morgan fingerprint density at radius 2 is 1.81 bits per heavy atom. The zero-order chi connectivity index (χ0) is 20.0. The SMILES string of the molecule is Cc1cc(N2C(=O)CCS2(=O)=O)ccc1S(=O)(=O)Nc1ccc(F)cc1F. The Balaban J connectivity index is 1.96. The van der Waals surface area contributed by atoms with Crippen LogP contribution in [0.2, 0.25) is 0 Å². The van der Waals surface area contributed by atoms with E-state index in [1.807, 2.05) is 4.72 Å². The molecule has 0 unspecified atom stereocenters. The molecule has 1 aliphatic heterocycles. The van der Waals surface area contributed by atoms with Gasteiger partial charge in [0.15, 0.2) is 0 Å². The van der Waals surface area contributed by atoms with Crippen LogP contribution in [0.15, 0.2) is 41.3 Å². The van der Waals surface area contributed by atoms with E-state index in [-0.39, 0.29) is 28.3 Å². The average Bonchev–Trinajstić information content (AvgIpc) is 2.83. The van der Waals surface area contributed by atoms with Gasteiger partial charge in [-0.05, 0) is 42.8 Å². The number of anilines is 2. The van der Waals surface area contributed by atoms with Crippen LogP contribution in [0.4, 0.5) is 20.2 Å². The monoisotopic (exact) mass is 416 g/mol. The highest BCUT2D eigenvalue weighted by Crippen LogP contribution is 2.29. The van der Waals surface area contributed by atoms with Crippen LogP contribution in [-0.2, 0) is 24.8 Å². The molecule has 3 rings (SSSR count). The van der Waals surface area contributed by atoms with Crippen molar-refractivity contribution in [3.63, 3.8) is 0 Å². The molecular weight excluding hydrogens is 402 g/mol. The highest BCUT2D eigenvalue weighted by atomic mass is 32.2. The molecule has 0 aromatic heterocycles. The number of hydrogen-bond donors (Lipinski definition) is 1. The van der Waals surface area contributed by atoms with E-state index in [2.05, 4.69) is 0 Å². The summed E-state index contributed by atoms with van der Waals surface area (Å²) in [7, 11) is -8.01. The van der Waals surface area contributed by atoms with Crippen molar-refractivity contribution in [3.05, 3.63) is 53.6 Å². The molecule has 1 saturated heterocycles. The lowest BCUT2D eigenvalue weighted by atomic mass is 10.2. The van der Waals surface area contributed by atoms with Crippen LogP contribution in [0, 0.1) is 18.6 Å². The molecule has 0 atom stereocenters. The highest BCUT2D eigenvalue weighted by Gasteiger charge is 2.36. The minimum absolute atomic E-state index is 0.0295. The third kappa shape index (κ3) is 3.65. The lowest BCUT2D eigenvalue weighted by Crippen LogP contribution is -2.29. The molecule has 11 heteroatoms. The fourth-order valence-electron chi connectivity index (χ4n) is 2.70. The van der Waals surface area contributed by atoms with Crippen LogP contribution in [0.1, 0.15) is 12.0 Å². The van der Waals surface area contributed by atoms with Crippen molar-refractivity contribution in [3.8, 4) is 0 Å². The van der Waals surface area contributed by atoms with Gasteiger partial charge in [0.2, 0.25) is 15.9 Å². The van der Waals surface area contributed by atoms with Crippen molar-refractivity contribution in [1.82, 2.24) is 0 Å². The van der Waals surface area contributed by atoms with Gasteiger partial charge >= 0.3 is 0 Å². The van der Waals surface area contributed by atoms with Crippen molar-refractivity contribution in [2.45, 2.75) is 18.2 Å². The number of nitrogens with one attached hydrogen (secondary N) is 1. The first-order valence-corrected chi connectivity index (χ1v) is 10.7. The van der Waals surface area contributed by atoms with E-state index in [4.69, 9.17) is 0 Å². The zero-order valence-corrected chi connectivity index (χ0v) is 15.6. The smallest absolute Gasteiger partial charge is 0.262 e. The average molecular weight is 416 g/mol. The molecule has 0 saturated carbocycles. The highest BCUT2D eigenvalue weighted by molar-refractivity contribution is 7.94. The van der Waals surface area contributed by atoms with E-state index < -0.39 is 43.3 Å². The number of nitrogens with zero attached hydrogens (tertiary/aromatic N) is 1. The third-order valence-electron chi connectivity index (χ3n) is 3.94. The van der Waals surface area contributed by atoms with Gasteiger partial charge in [0.1, 0.15) is 11.6 Å². The Labute approximate surface area is 154 Å². The van der Waals surface area contributed by atoms with Gasteiger partial charge in [-0.15, -0.1) is 0 Å². The summed E-state index contributed by atoms with van der Waals surface area (Å²) >= 11 is 0. The summed E-state index contributed by atoms with van der Waals surface area (Å²) in [5.74, 6) is -2.85. The number of rotatable bonds is 4. The number of hydrogen-bond acceptors (Lipinski definition) is 5. The predicted octanol–water partition coefficient (Wildman–Crippen LogP) is 2.14. The molecule has 2 aromatic rings. The maximum absolute atomic E-state index is 13.7. The molecule has 0 bridgehead atoms. The molecule has 1 fully saturated rings. The standard InChI is InChI=1S/C16H14F2N2O5S2/c1-10-8-12(20-16(21)6-7-26(20,22)23)3-5-15(10)27(24,25)19-14-4-2-11(17)9-13(14)18/h2-5,8-9,19H,6-7H2,1H3. The minimum atomic E-state index is -4.23. The van der Waals surface area contributed by atoms with Gasteiger partial charge in [-0.1, -0.05) is 0 Å². The van der Waals surface area contributed by atoms with Crippen LogP contribution in [0.5, 0.6) is 0 Å². The van der Waals surface area contributed by atoms with Crippen molar-refractivity contribution < 1.29 is 30.4 Å². The fourth-order valence-corrected chi connectivity index (χ4v) is 5.45. The van der Waals surface area contributed by atoms with E-state index in [0.29, 0.717) is 10.4 Å². The number of carbonyl (C=O) groups excluding carboxylic acids is 1. The molecule has 1 heterocycles. The number of sulfonamides is 2. The first kappa shape index (κ1) is 19.2. The second kappa shape index (κ2) is 6.57. The van der Waals surface area contributed by atoms with Gasteiger partial charge in [-0.3, -0.25) is 9.52 Å². The van der Waals surface area contributed by atoms with E-state index in [1.54, 1.807) is 0 Å². The second-order valence-corrected chi connectivity index (χ2v) is 9.49. The Morgan fingerprint density at radius 1 is 1.11 bits per heavy atom. The van der Waals surface area contributed by atoms with Crippen LogP contribution >= 0.6 is 0 Å². The van der Waals surface area contributed by atoms with Crippen molar-refractivity contribution >= 4 is 37.3 Å². The summed E-state index contributed by atoms with van der Waals surface area (Å²) in [6.07, 6.45) is -0.146. The molecule has 27 heavy (non-hydrogen) atoms. The van der Waals surface area contributed by atoms with Gasteiger partial charge in [-0.2, -0.15) is 0 Å². The van der Waals surface area contributed by atoms with Crippen LogP contribution in [0.25, 0.3) is 0 Å². The number of benzene rings is 2. The number of aryl methyl sites for hydroxylation is 1. The topological polar surface area (TPSA) is 101 Å². The predicted molar refractivity (Wildman–Crippen MR) is 94.2 cm³/mol. The Hall–Kier alpha value is -2.53. The van der Waals surface area contributed by atoms with E-state index >= 15 is 0 Å². The molecule has 1 amide bonds. The van der Waals surface area contributed by atoms with Crippen LogP contribution < -0.4 is 9.03 Å². The second-order valence-electron chi connectivity index (χ2n) is 5.90. The summed E-state index contributed by atoms with van der Waals surface area (Å²) < 4.78 is 78.3. The normalized spacial score (nSPS) is 16.6. The van der Waals surface area contributed by atoms with E-state index in [0.717, 1.165) is 18.2 Å². The molecule has 1 aliphatic rings. The summed E-state index contributed by atoms with van der Waals surface area (Å²) in [5.41, 5.74) is -0.253. The third-order valence-corrected chi connectivity index (χ3v) is 7.15. The molecule has 144 valence electrons. The van der Waals surface area contributed by atoms with Gasteiger partial charge in [0.25, 0.3) is 10.0 Å². The molecule has 7 nitrogen and oxygen atoms in total. The van der Waals surface area contributed by atoms with Crippen LogP contribution in [-0.4, -0.2) is 28.5 Å². The molecule has 1 N–H and O–H groups in total. The first-order valence-electron chi connectivity index (χ1n) is 7.66. The Bertz CT molecular complexity index is 1150. The maximum Gasteiger partial charge on any atom is 0.262 e. The minimum Gasteiger partial charge on any atom is -0.277 e. The van der Waals surface area contributed by atoms with Crippen molar-refractivity contribution in [2.75, 3.05) is 14.8 Å². The lowest BCUT2D eigenvalue weighted by molar-refractivity contribution is -0.116. The van der Waals surface area contributed by atoms with Crippen molar-refractivity contribution in [1.29, 1.82) is 0 Å². The quantitative estimate of drug-likeness (QED) is 0.823. The molecular formula is C16H14F2N2O5S2. The summed E-state index contributed by atoms with van der Waals surface area (Å²) in [6, 6.07) is 5.94. The molecule has 0 aliphatic carbocycles. The van der Waals surface area contributed by atoms with Gasteiger partial charge < -0.3 is 0 Å². The van der Waals surface area contributed by atoms with Crippen LogP contribution in [0.3, 0.4) is 0 Å². The largest absolute Gasteiger partial charge is 0.277 e. The van der Waals surface area contributed by atoms with Gasteiger partial charge in [-0.25, -0.2) is 29.9 Å². The van der Waals surface area contributed by atoms with Gasteiger partial charge in [0.05, 0.1) is 22.0 Å². The number of carbonyl (C=O) groups is 1. The Kier molecular flexibility index (Phi) is 4.68. The molecule has 0 spiro atoms.